The Morgan fingerprint density at radius 3 is 2.55 bits per heavy atom. The van der Waals surface area contributed by atoms with Crippen molar-refractivity contribution in [1.82, 2.24) is 4.57 Å². The number of nitrogens with zero attached hydrogens (tertiary/aromatic N) is 3. The Morgan fingerprint density at radius 1 is 1.07 bits per heavy atom. The van der Waals surface area contributed by atoms with Gasteiger partial charge in [-0.1, -0.05) is 30.3 Å². The Labute approximate surface area is 170 Å². The third-order valence-corrected chi connectivity index (χ3v) is 6.02. The van der Waals surface area contributed by atoms with E-state index >= 15 is 0 Å². The Hall–Kier alpha value is -3.26. The van der Waals surface area contributed by atoms with Crippen LogP contribution >= 0.6 is 0 Å². The minimum Gasteiger partial charge on any atom is -0.497 e. The number of benzene rings is 2. The molecular weight excluding hydrogens is 362 g/mol. The van der Waals surface area contributed by atoms with Crippen LogP contribution in [0.25, 0.3) is 10.9 Å². The van der Waals surface area contributed by atoms with Crippen molar-refractivity contribution in [2.24, 2.45) is 7.05 Å². The normalized spacial score (nSPS) is 17.0. The van der Waals surface area contributed by atoms with Gasteiger partial charge in [-0.2, -0.15) is 5.26 Å². The summed E-state index contributed by atoms with van der Waals surface area (Å²) in [6, 6.07) is 18.4. The van der Waals surface area contributed by atoms with E-state index in [-0.39, 0.29) is 11.1 Å². The maximum Gasteiger partial charge on any atom is 0.270 e. The molecule has 148 valence electrons. The quantitative estimate of drug-likeness (QED) is 0.676. The first-order valence-electron chi connectivity index (χ1n) is 10.0. The molecule has 0 unspecified atom stereocenters. The summed E-state index contributed by atoms with van der Waals surface area (Å²) in [5, 5.41) is 10.7. The Balaban J connectivity index is 1.69. The Kier molecular flexibility index (Phi) is 5.26. The molecule has 0 spiro atoms. The van der Waals surface area contributed by atoms with Gasteiger partial charge in [0.05, 0.1) is 18.3 Å². The van der Waals surface area contributed by atoms with Crippen LogP contribution < -0.4 is 15.2 Å². The minimum absolute atomic E-state index is 0.225. The number of rotatable bonds is 3. The van der Waals surface area contributed by atoms with Crippen LogP contribution in [0.4, 0.5) is 5.69 Å². The summed E-state index contributed by atoms with van der Waals surface area (Å²) in [7, 11) is 3.41. The number of anilines is 1. The number of ether oxygens (including phenoxy) is 1. The van der Waals surface area contributed by atoms with Crippen LogP contribution in [0.15, 0.2) is 53.3 Å². The molecule has 4 rings (SSSR count). The second kappa shape index (κ2) is 8.00. The van der Waals surface area contributed by atoms with Crippen LogP contribution in [0.3, 0.4) is 0 Å². The molecule has 1 aliphatic rings. The summed E-state index contributed by atoms with van der Waals surface area (Å²) in [5.74, 6) is 1.34. The fraction of sp³-hybridized carbons (Fsp3) is 0.333. The van der Waals surface area contributed by atoms with E-state index in [2.05, 4.69) is 23.1 Å². The van der Waals surface area contributed by atoms with Gasteiger partial charge in [-0.3, -0.25) is 4.79 Å². The molecule has 0 bridgehead atoms. The van der Waals surface area contributed by atoms with Gasteiger partial charge in [-0.25, -0.2) is 0 Å². The van der Waals surface area contributed by atoms with Crippen molar-refractivity contribution in [2.75, 3.05) is 25.1 Å². The number of aromatic nitrogens is 1. The molecule has 0 amide bonds. The zero-order chi connectivity index (χ0) is 20.4. The monoisotopic (exact) mass is 387 g/mol. The zero-order valence-corrected chi connectivity index (χ0v) is 16.9. The lowest BCUT2D eigenvalue weighted by Crippen LogP contribution is -2.30. The second-order valence-electron chi connectivity index (χ2n) is 7.60. The molecule has 1 atom stereocenters. The molecule has 0 radical (unpaired) electrons. The maximum absolute atomic E-state index is 12.8. The fourth-order valence-electron chi connectivity index (χ4n) is 4.44. The van der Waals surface area contributed by atoms with Gasteiger partial charge in [0.2, 0.25) is 0 Å². The van der Waals surface area contributed by atoms with Crippen LogP contribution in [0.5, 0.6) is 5.75 Å². The largest absolute Gasteiger partial charge is 0.497 e. The van der Waals surface area contributed by atoms with Crippen molar-refractivity contribution in [3.63, 3.8) is 0 Å². The van der Waals surface area contributed by atoms with Gasteiger partial charge >= 0.3 is 0 Å². The maximum atomic E-state index is 12.8. The van der Waals surface area contributed by atoms with E-state index in [4.69, 9.17) is 4.74 Å². The van der Waals surface area contributed by atoms with Gasteiger partial charge in [0, 0.05) is 25.5 Å². The van der Waals surface area contributed by atoms with E-state index in [0.717, 1.165) is 54.7 Å². The van der Waals surface area contributed by atoms with Crippen molar-refractivity contribution in [2.45, 2.75) is 25.2 Å². The standard InChI is InChI=1S/C24H25N3O2/c1-26-22-8-4-3-7-20(22)23(21(16-25)24(26)28)27-14-5-6-17(13-15-27)18-9-11-19(29-2)12-10-18/h3-4,7-12,17H,5-6,13-15H2,1-2H3/t17-/m1/s1. The number of pyridine rings is 1. The molecule has 1 aromatic heterocycles. The lowest BCUT2D eigenvalue weighted by atomic mass is 9.92. The van der Waals surface area contributed by atoms with Crippen molar-refractivity contribution in [1.29, 1.82) is 5.26 Å². The van der Waals surface area contributed by atoms with E-state index < -0.39 is 0 Å². The first-order valence-corrected chi connectivity index (χ1v) is 10.0. The average Bonchev–Trinajstić information content (AvgIpc) is 3.02. The molecule has 0 saturated carbocycles. The summed E-state index contributed by atoms with van der Waals surface area (Å²) >= 11 is 0. The Morgan fingerprint density at radius 2 is 1.83 bits per heavy atom. The molecule has 0 N–H and O–H groups in total. The van der Waals surface area contributed by atoms with Crippen LogP contribution in [0.2, 0.25) is 0 Å². The van der Waals surface area contributed by atoms with E-state index in [0.29, 0.717) is 5.92 Å². The van der Waals surface area contributed by atoms with Crippen molar-refractivity contribution >= 4 is 16.6 Å². The first kappa shape index (κ1) is 19.1. The van der Waals surface area contributed by atoms with Gasteiger partial charge in [0.15, 0.2) is 0 Å². The summed E-state index contributed by atoms with van der Waals surface area (Å²) < 4.78 is 6.85. The third-order valence-electron chi connectivity index (χ3n) is 6.02. The highest BCUT2D eigenvalue weighted by Gasteiger charge is 2.24. The second-order valence-corrected chi connectivity index (χ2v) is 7.60. The number of para-hydroxylation sites is 1. The first-order chi connectivity index (χ1) is 14.1. The zero-order valence-electron chi connectivity index (χ0n) is 16.9. The average molecular weight is 387 g/mol. The van der Waals surface area contributed by atoms with E-state index in [9.17, 15) is 10.1 Å². The van der Waals surface area contributed by atoms with E-state index in [1.165, 1.54) is 5.56 Å². The number of hydrogen-bond acceptors (Lipinski definition) is 4. The number of methoxy groups -OCH3 is 1. The molecule has 3 aromatic rings. The van der Waals surface area contributed by atoms with E-state index in [1.807, 2.05) is 36.4 Å². The third kappa shape index (κ3) is 3.47. The van der Waals surface area contributed by atoms with Gasteiger partial charge in [0.1, 0.15) is 17.4 Å². The van der Waals surface area contributed by atoms with Gasteiger partial charge in [0.25, 0.3) is 5.56 Å². The van der Waals surface area contributed by atoms with Gasteiger partial charge in [-0.05, 0) is 48.9 Å². The molecule has 5 heteroatoms. The van der Waals surface area contributed by atoms with Crippen LogP contribution in [0.1, 0.15) is 36.3 Å². The minimum atomic E-state index is -0.225. The molecule has 1 aliphatic heterocycles. The number of nitriles is 1. The van der Waals surface area contributed by atoms with Crippen LogP contribution in [-0.4, -0.2) is 24.8 Å². The fourth-order valence-corrected chi connectivity index (χ4v) is 4.44. The molecule has 2 heterocycles. The summed E-state index contributed by atoms with van der Waals surface area (Å²) in [6.45, 7) is 1.67. The Bertz CT molecular complexity index is 1130. The van der Waals surface area contributed by atoms with Crippen molar-refractivity contribution in [3.05, 3.63) is 70.0 Å². The predicted octanol–water partition coefficient (Wildman–Crippen LogP) is 4.19. The van der Waals surface area contributed by atoms with Gasteiger partial charge in [-0.15, -0.1) is 0 Å². The number of hydrogen-bond donors (Lipinski definition) is 0. The summed E-state index contributed by atoms with van der Waals surface area (Å²) in [6.07, 6.45) is 3.10. The number of aryl methyl sites for hydroxylation is 1. The summed E-state index contributed by atoms with van der Waals surface area (Å²) in [4.78, 5) is 15.1. The van der Waals surface area contributed by atoms with Crippen molar-refractivity contribution < 1.29 is 4.74 Å². The summed E-state index contributed by atoms with van der Waals surface area (Å²) in [5.41, 5.74) is 3.00. The molecule has 0 aliphatic carbocycles. The molecule has 1 fully saturated rings. The smallest absolute Gasteiger partial charge is 0.270 e. The van der Waals surface area contributed by atoms with E-state index in [1.54, 1.807) is 18.7 Å². The predicted molar refractivity (Wildman–Crippen MR) is 116 cm³/mol. The molecule has 29 heavy (non-hydrogen) atoms. The van der Waals surface area contributed by atoms with Gasteiger partial charge < -0.3 is 14.2 Å². The highest BCUT2D eigenvalue weighted by molar-refractivity contribution is 5.94. The lowest BCUT2D eigenvalue weighted by molar-refractivity contribution is 0.414. The molecule has 5 nitrogen and oxygen atoms in total. The highest BCUT2D eigenvalue weighted by Crippen LogP contribution is 2.34. The van der Waals surface area contributed by atoms with Crippen LogP contribution in [-0.2, 0) is 7.05 Å². The molecule has 1 saturated heterocycles. The topological polar surface area (TPSA) is 58.3 Å². The highest BCUT2D eigenvalue weighted by atomic mass is 16.5. The number of fused-ring (bicyclic) bond motifs is 1. The lowest BCUT2D eigenvalue weighted by Gasteiger charge is -2.26. The van der Waals surface area contributed by atoms with Crippen molar-refractivity contribution in [3.8, 4) is 11.8 Å². The molecular formula is C24H25N3O2. The molecule has 2 aromatic carbocycles. The SMILES string of the molecule is COc1ccc([C@@H]2CCCN(c3c(C#N)c(=O)n(C)c4ccccc34)CC2)cc1. The van der Waals surface area contributed by atoms with Crippen LogP contribution in [0, 0.1) is 11.3 Å².